The molecule has 18 heavy (non-hydrogen) atoms. The van der Waals surface area contributed by atoms with Crippen LogP contribution < -0.4 is 5.32 Å². The second-order valence-electron chi connectivity index (χ2n) is 5.00. The molecule has 2 rings (SSSR count). The van der Waals surface area contributed by atoms with Crippen molar-refractivity contribution in [2.45, 2.75) is 32.2 Å². The highest BCUT2D eigenvalue weighted by molar-refractivity contribution is 14.1. The standard InChI is InChI=1S/C15H23IN2/c1-2-3-7-15(18-10-8-17-9-11-18)13-5-4-6-14(16)12-13/h4-6,12,15,17H,2-3,7-11H2,1H3/t15-/m0/s1. The molecule has 1 N–H and O–H groups in total. The Labute approximate surface area is 124 Å². The fraction of sp³-hybridized carbons (Fsp3) is 0.600. The molecular formula is C15H23IN2. The molecule has 2 nitrogen and oxygen atoms in total. The molecule has 0 amide bonds. The third kappa shape index (κ3) is 3.93. The van der Waals surface area contributed by atoms with Crippen LogP contribution in [-0.4, -0.2) is 31.1 Å². The molecule has 1 aliphatic rings. The van der Waals surface area contributed by atoms with E-state index in [1.807, 2.05) is 0 Å². The lowest BCUT2D eigenvalue weighted by Crippen LogP contribution is -2.45. The van der Waals surface area contributed by atoms with E-state index in [0.29, 0.717) is 6.04 Å². The second-order valence-corrected chi connectivity index (χ2v) is 6.24. The van der Waals surface area contributed by atoms with Crippen molar-refractivity contribution in [3.63, 3.8) is 0 Å². The fourth-order valence-corrected chi connectivity index (χ4v) is 3.23. The van der Waals surface area contributed by atoms with Gasteiger partial charge in [0.25, 0.3) is 0 Å². The number of piperazine rings is 1. The van der Waals surface area contributed by atoms with Crippen LogP contribution in [0.5, 0.6) is 0 Å². The molecule has 0 spiro atoms. The zero-order valence-electron chi connectivity index (χ0n) is 11.2. The van der Waals surface area contributed by atoms with Gasteiger partial charge in [-0.2, -0.15) is 0 Å². The van der Waals surface area contributed by atoms with Gasteiger partial charge in [0.05, 0.1) is 0 Å². The van der Waals surface area contributed by atoms with Crippen molar-refractivity contribution < 1.29 is 0 Å². The summed E-state index contributed by atoms with van der Waals surface area (Å²) < 4.78 is 1.35. The summed E-state index contributed by atoms with van der Waals surface area (Å²) >= 11 is 2.42. The second kappa shape index (κ2) is 7.46. The van der Waals surface area contributed by atoms with Crippen LogP contribution in [0, 0.1) is 3.57 Å². The van der Waals surface area contributed by atoms with Crippen LogP contribution in [0.3, 0.4) is 0 Å². The van der Waals surface area contributed by atoms with Gasteiger partial charge in [-0.1, -0.05) is 31.9 Å². The third-order valence-corrected chi connectivity index (χ3v) is 4.33. The summed E-state index contributed by atoms with van der Waals surface area (Å²) in [7, 11) is 0. The van der Waals surface area contributed by atoms with Crippen molar-refractivity contribution in [3.05, 3.63) is 33.4 Å². The first-order valence-electron chi connectivity index (χ1n) is 7.01. The smallest absolute Gasteiger partial charge is 0.0349 e. The number of halogens is 1. The Kier molecular flexibility index (Phi) is 5.92. The van der Waals surface area contributed by atoms with Crippen molar-refractivity contribution in [2.75, 3.05) is 26.2 Å². The molecule has 0 bridgehead atoms. The Morgan fingerprint density at radius 1 is 1.33 bits per heavy atom. The van der Waals surface area contributed by atoms with Crippen LogP contribution in [0.1, 0.15) is 37.8 Å². The lowest BCUT2D eigenvalue weighted by atomic mass is 9.99. The third-order valence-electron chi connectivity index (χ3n) is 3.66. The highest BCUT2D eigenvalue weighted by Gasteiger charge is 2.21. The van der Waals surface area contributed by atoms with E-state index in [1.54, 1.807) is 0 Å². The van der Waals surface area contributed by atoms with Gasteiger partial charge >= 0.3 is 0 Å². The molecule has 1 heterocycles. The zero-order chi connectivity index (χ0) is 12.8. The normalized spacial score (nSPS) is 18.8. The van der Waals surface area contributed by atoms with E-state index in [-0.39, 0.29) is 0 Å². The monoisotopic (exact) mass is 358 g/mol. The summed E-state index contributed by atoms with van der Waals surface area (Å²) in [5, 5.41) is 3.45. The summed E-state index contributed by atoms with van der Waals surface area (Å²) in [6.07, 6.45) is 3.89. The first kappa shape index (κ1) is 14.3. The first-order valence-corrected chi connectivity index (χ1v) is 8.09. The van der Waals surface area contributed by atoms with Crippen LogP contribution in [0.15, 0.2) is 24.3 Å². The van der Waals surface area contributed by atoms with Crippen molar-refractivity contribution >= 4 is 22.6 Å². The maximum Gasteiger partial charge on any atom is 0.0349 e. The topological polar surface area (TPSA) is 15.3 Å². The van der Waals surface area contributed by atoms with Gasteiger partial charge in [0.15, 0.2) is 0 Å². The Morgan fingerprint density at radius 3 is 2.78 bits per heavy atom. The molecule has 0 unspecified atom stereocenters. The van der Waals surface area contributed by atoms with Gasteiger partial charge in [-0.25, -0.2) is 0 Å². The number of hydrogen-bond donors (Lipinski definition) is 1. The first-order chi connectivity index (χ1) is 8.81. The Hall–Kier alpha value is -0.130. The zero-order valence-corrected chi connectivity index (χ0v) is 13.3. The summed E-state index contributed by atoms with van der Waals surface area (Å²) in [6.45, 7) is 6.91. The molecule has 3 heteroatoms. The molecule has 1 atom stereocenters. The van der Waals surface area contributed by atoms with E-state index >= 15 is 0 Å². The van der Waals surface area contributed by atoms with Gasteiger partial charge in [0.2, 0.25) is 0 Å². The van der Waals surface area contributed by atoms with Gasteiger partial charge in [-0.3, -0.25) is 4.90 Å². The minimum atomic E-state index is 0.613. The molecule has 0 saturated carbocycles. The largest absolute Gasteiger partial charge is 0.314 e. The quantitative estimate of drug-likeness (QED) is 0.812. The fourth-order valence-electron chi connectivity index (χ4n) is 2.67. The molecule has 1 saturated heterocycles. The number of nitrogens with one attached hydrogen (secondary N) is 1. The van der Waals surface area contributed by atoms with Crippen LogP contribution in [-0.2, 0) is 0 Å². The lowest BCUT2D eigenvalue weighted by Gasteiger charge is -2.35. The number of hydrogen-bond acceptors (Lipinski definition) is 2. The van der Waals surface area contributed by atoms with E-state index in [4.69, 9.17) is 0 Å². The minimum absolute atomic E-state index is 0.613. The van der Waals surface area contributed by atoms with Crippen LogP contribution in [0.4, 0.5) is 0 Å². The maximum absolute atomic E-state index is 3.45. The van der Waals surface area contributed by atoms with Crippen LogP contribution >= 0.6 is 22.6 Å². The molecular weight excluding hydrogens is 335 g/mol. The SMILES string of the molecule is CCCC[C@@H](c1cccc(I)c1)N1CCNCC1. The number of unbranched alkanes of at least 4 members (excludes halogenated alkanes) is 1. The maximum atomic E-state index is 3.45. The van der Waals surface area contributed by atoms with Crippen LogP contribution in [0.2, 0.25) is 0 Å². The lowest BCUT2D eigenvalue weighted by molar-refractivity contribution is 0.163. The summed E-state index contributed by atoms with van der Waals surface area (Å²) in [5.41, 5.74) is 1.50. The number of rotatable bonds is 5. The Bertz CT molecular complexity index is 361. The van der Waals surface area contributed by atoms with Crippen molar-refractivity contribution in [3.8, 4) is 0 Å². The molecule has 100 valence electrons. The average Bonchev–Trinajstić information content (AvgIpc) is 2.40. The predicted molar refractivity (Wildman–Crippen MR) is 85.9 cm³/mol. The van der Waals surface area contributed by atoms with E-state index < -0.39 is 0 Å². The van der Waals surface area contributed by atoms with Crippen LogP contribution in [0.25, 0.3) is 0 Å². The molecule has 0 radical (unpaired) electrons. The highest BCUT2D eigenvalue weighted by atomic mass is 127. The number of benzene rings is 1. The minimum Gasteiger partial charge on any atom is -0.314 e. The van der Waals surface area contributed by atoms with Crippen molar-refractivity contribution in [2.24, 2.45) is 0 Å². The highest BCUT2D eigenvalue weighted by Crippen LogP contribution is 2.27. The van der Waals surface area contributed by atoms with E-state index in [2.05, 4.69) is 64.0 Å². The van der Waals surface area contributed by atoms with Gasteiger partial charge in [-0.15, -0.1) is 0 Å². The van der Waals surface area contributed by atoms with E-state index in [1.165, 1.54) is 41.5 Å². The Balaban J connectivity index is 2.12. The summed E-state index contributed by atoms with van der Waals surface area (Å²) in [5.74, 6) is 0. The molecule has 1 aliphatic heterocycles. The molecule has 0 aliphatic carbocycles. The Morgan fingerprint density at radius 2 is 2.11 bits per heavy atom. The molecule has 1 aromatic carbocycles. The molecule has 0 aromatic heterocycles. The van der Waals surface area contributed by atoms with E-state index in [9.17, 15) is 0 Å². The average molecular weight is 358 g/mol. The van der Waals surface area contributed by atoms with Gasteiger partial charge in [-0.05, 0) is 46.7 Å². The van der Waals surface area contributed by atoms with Crippen molar-refractivity contribution in [1.29, 1.82) is 0 Å². The molecule has 1 fully saturated rings. The number of nitrogens with zero attached hydrogens (tertiary/aromatic N) is 1. The van der Waals surface area contributed by atoms with Gasteiger partial charge in [0, 0.05) is 35.8 Å². The van der Waals surface area contributed by atoms with E-state index in [0.717, 1.165) is 13.1 Å². The molecule has 1 aromatic rings. The summed E-state index contributed by atoms with van der Waals surface area (Å²) in [6, 6.07) is 9.63. The summed E-state index contributed by atoms with van der Waals surface area (Å²) in [4.78, 5) is 2.65. The van der Waals surface area contributed by atoms with Crippen molar-refractivity contribution in [1.82, 2.24) is 10.2 Å². The van der Waals surface area contributed by atoms with Gasteiger partial charge in [0.1, 0.15) is 0 Å². The van der Waals surface area contributed by atoms with Gasteiger partial charge < -0.3 is 5.32 Å². The predicted octanol–water partition coefficient (Wildman–Crippen LogP) is 3.43.